The van der Waals surface area contributed by atoms with Crippen LogP contribution in [-0.4, -0.2) is 30.8 Å². The van der Waals surface area contributed by atoms with Gasteiger partial charge in [0.15, 0.2) is 0 Å². The van der Waals surface area contributed by atoms with Crippen molar-refractivity contribution in [1.29, 1.82) is 0 Å². The first-order valence-corrected chi connectivity index (χ1v) is 3.24. The summed E-state index contributed by atoms with van der Waals surface area (Å²) in [4.78, 5) is 0. The maximum Gasteiger partial charge on any atom is 0.380 e. The molecule has 90 valence electrons. The lowest BCUT2D eigenvalue weighted by molar-refractivity contribution is -0.344. The molecular formula is C6H4F8O. The Hall–Kier alpha value is -0.600. The topological polar surface area (TPSA) is 9.23 Å². The molecule has 0 fully saturated rings. The summed E-state index contributed by atoms with van der Waals surface area (Å²) >= 11 is 0. The second kappa shape index (κ2) is 4.11. The highest BCUT2D eigenvalue weighted by Gasteiger charge is 2.75. The van der Waals surface area contributed by atoms with Gasteiger partial charge < -0.3 is 4.74 Å². The average molecular weight is 244 g/mol. The van der Waals surface area contributed by atoms with Crippen molar-refractivity contribution in [3.8, 4) is 0 Å². The second-order valence-electron chi connectivity index (χ2n) is 2.51. The normalized spacial score (nSPS) is 14.8. The Kier molecular flexibility index (Phi) is 3.94. The summed E-state index contributed by atoms with van der Waals surface area (Å²) in [6, 6.07) is 0. The maximum atomic E-state index is 12.3. The quantitative estimate of drug-likeness (QED) is 0.675. The van der Waals surface area contributed by atoms with Crippen LogP contribution in [0.3, 0.4) is 0 Å². The molecule has 0 amide bonds. The number of ether oxygens (including phenoxy) is 1. The third-order valence-corrected chi connectivity index (χ3v) is 1.42. The van der Waals surface area contributed by atoms with E-state index in [1.165, 1.54) is 0 Å². The fraction of sp³-hybridized carbons (Fsp3) is 0.833. The smallest absolute Gasteiger partial charge is 0.366 e. The predicted octanol–water partition coefficient (Wildman–Crippen LogP) is 2.84. The van der Waals surface area contributed by atoms with Crippen LogP contribution in [0.1, 0.15) is 0 Å². The molecule has 1 nitrogen and oxygen atoms in total. The highest BCUT2D eigenvalue weighted by molar-refractivity contribution is 4.97. The van der Waals surface area contributed by atoms with Crippen molar-refractivity contribution in [3.05, 3.63) is 7.11 Å². The molecule has 0 spiro atoms. The first-order chi connectivity index (χ1) is 6.50. The minimum absolute atomic E-state index is 2.30. The summed E-state index contributed by atoms with van der Waals surface area (Å²) in [5, 5.41) is 0. The molecule has 0 aliphatic rings. The molecule has 0 bridgehead atoms. The molecule has 0 saturated heterocycles. The summed E-state index contributed by atoms with van der Waals surface area (Å²) in [7, 11) is 3.98. The molecule has 0 atom stereocenters. The van der Waals surface area contributed by atoms with Crippen LogP contribution in [0.5, 0.6) is 0 Å². The van der Waals surface area contributed by atoms with Gasteiger partial charge in [0, 0.05) is 0 Å². The van der Waals surface area contributed by atoms with E-state index in [0.29, 0.717) is 0 Å². The van der Waals surface area contributed by atoms with Crippen LogP contribution in [0.2, 0.25) is 0 Å². The lowest BCUT2D eigenvalue weighted by Gasteiger charge is -2.31. The van der Waals surface area contributed by atoms with Gasteiger partial charge in [-0.25, -0.2) is 8.78 Å². The van der Waals surface area contributed by atoms with E-state index in [-0.39, 0.29) is 0 Å². The van der Waals surface area contributed by atoms with Gasteiger partial charge in [-0.05, 0) is 0 Å². The number of alkyl halides is 8. The summed E-state index contributed by atoms with van der Waals surface area (Å²) in [6.45, 7) is -2.30. The zero-order valence-corrected chi connectivity index (χ0v) is 6.79. The Morgan fingerprint density at radius 2 is 1.40 bits per heavy atom. The largest absolute Gasteiger partial charge is 0.380 e. The van der Waals surface area contributed by atoms with Gasteiger partial charge in [0.2, 0.25) is 0 Å². The van der Waals surface area contributed by atoms with E-state index in [1.54, 1.807) is 0 Å². The van der Waals surface area contributed by atoms with E-state index in [9.17, 15) is 35.1 Å². The monoisotopic (exact) mass is 244 g/mol. The molecule has 0 aromatic heterocycles. The van der Waals surface area contributed by atoms with Gasteiger partial charge in [-0.2, -0.15) is 26.3 Å². The third-order valence-electron chi connectivity index (χ3n) is 1.42. The van der Waals surface area contributed by atoms with Gasteiger partial charge in [0.05, 0.1) is 0 Å². The lowest BCUT2D eigenvalue weighted by Crippen LogP contribution is -2.59. The molecule has 0 aromatic rings. The molecule has 2 radical (unpaired) electrons. The Labute approximate surface area is 79.0 Å². The summed E-state index contributed by atoms with van der Waals surface area (Å²) in [6.07, 6.45) is -4.93. The number of halogens is 8. The van der Waals surface area contributed by atoms with E-state index < -0.39 is 30.8 Å². The van der Waals surface area contributed by atoms with E-state index in [2.05, 4.69) is 11.8 Å². The van der Waals surface area contributed by atoms with Gasteiger partial charge in [-0.15, -0.1) is 0 Å². The fourth-order valence-corrected chi connectivity index (χ4v) is 0.576. The molecule has 9 heteroatoms. The molecule has 0 aliphatic carbocycles. The van der Waals surface area contributed by atoms with E-state index in [4.69, 9.17) is 0 Å². The van der Waals surface area contributed by atoms with Gasteiger partial charge in [-0.3, -0.25) is 0 Å². The van der Waals surface area contributed by atoms with Crippen molar-refractivity contribution < 1.29 is 39.9 Å². The summed E-state index contributed by atoms with van der Waals surface area (Å²) in [5.74, 6) is -17.9. The molecule has 0 rings (SSSR count). The van der Waals surface area contributed by atoms with Crippen LogP contribution >= 0.6 is 0 Å². The van der Waals surface area contributed by atoms with E-state index >= 15 is 0 Å². The molecule has 15 heavy (non-hydrogen) atoms. The van der Waals surface area contributed by atoms with Crippen LogP contribution < -0.4 is 0 Å². The van der Waals surface area contributed by atoms with Crippen molar-refractivity contribution in [3.63, 3.8) is 0 Å². The van der Waals surface area contributed by atoms with Crippen LogP contribution in [0.15, 0.2) is 0 Å². The SMILES string of the molecule is [CH]OCC(F)(F)C(F)(F)C(F)(F)C(F)F. The van der Waals surface area contributed by atoms with E-state index in [1.807, 2.05) is 0 Å². The Morgan fingerprint density at radius 3 is 1.67 bits per heavy atom. The number of hydrogen-bond acceptors (Lipinski definition) is 1. The molecule has 0 aromatic carbocycles. The standard InChI is InChI=1S/C6H4F8O/c1-15-2-4(9,10)6(13,14)5(11,12)3(7)8/h1,3H,2H2. The van der Waals surface area contributed by atoms with Crippen LogP contribution in [0.4, 0.5) is 35.1 Å². The van der Waals surface area contributed by atoms with Crippen molar-refractivity contribution in [2.75, 3.05) is 6.61 Å². The zero-order chi connectivity index (χ0) is 12.5. The Morgan fingerprint density at radius 1 is 1.00 bits per heavy atom. The maximum absolute atomic E-state index is 12.3. The van der Waals surface area contributed by atoms with E-state index in [0.717, 1.165) is 0 Å². The first kappa shape index (κ1) is 14.4. The molecule has 0 heterocycles. The van der Waals surface area contributed by atoms with Gasteiger partial charge in [0.25, 0.3) is 0 Å². The molecule has 0 aliphatic heterocycles. The average Bonchev–Trinajstić information content (AvgIpc) is 2.02. The van der Waals surface area contributed by atoms with Crippen LogP contribution in [-0.2, 0) is 4.74 Å². The van der Waals surface area contributed by atoms with Crippen molar-refractivity contribution >= 4 is 0 Å². The van der Waals surface area contributed by atoms with Crippen molar-refractivity contribution in [2.24, 2.45) is 0 Å². The van der Waals surface area contributed by atoms with Gasteiger partial charge >= 0.3 is 24.2 Å². The minimum Gasteiger partial charge on any atom is -0.366 e. The first-order valence-electron chi connectivity index (χ1n) is 3.24. The highest BCUT2D eigenvalue weighted by atomic mass is 19.4. The Bertz CT molecular complexity index is 213. The van der Waals surface area contributed by atoms with Crippen molar-refractivity contribution in [1.82, 2.24) is 0 Å². The van der Waals surface area contributed by atoms with Crippen LogP contribution in [0, 0.1) is 7.11 Å². The van der Waals surface area contributed by atoms with Crippen molar-refractivity contribution in [2.45, 2.75) is 24.2 Å². The minimum atomic E-state index is -6.26. The molecular weight excluding hydrogens is 240 g/mol. The number of hydrogen-bond donors (Lipinski definition) is 0. The zero-order valence-electron chi connectivity index (χ0n) is 6.79. The summed E-state index contributed by atoms with van der Waals surface area (Å²) < 4.78 is 99.3. The predicted molar refractivity (Wildman–Crippen MR) is 31.1 cm³/mol. The molecule has 0 N–H and O–H groups in total. The number of rotatable bonds is 5. The molecule has 0 saturated carbocycles. The fourth-order valence-electron chi connectivity index (χ4n) is 0.576. The van der Waals surface area contributed by atoms with Crippen LogP contribution in [0.25, 0.3) is 0 Å². The highest BCUT2D eigenvalue weighted by Crippen LogP contribution is 2.48. The Balaban J connectivity index is 5.11. The van der Waals surface area contributed by atoms with Gasteiger partial charge in [-0.1, -0.05) is 0 Å². The second-order valence-corrected chi connectivity index (χ2v) is 2.51. The lowest BCUT2D eigenvalue weighted by atomic mass is 10.1. The molecule has 0 unspecified atom stereocenters. The van der Waals surface area contributed by atoms with Gasteiger partial charge in [0.1, 0.15) is 13.7 Å². The summed E-state index contributed by atoms with van der Waals surface area (Å²) in [5.41, 5.74) is 0. The third kappa shape index (κ3) is 2.32.